The van der Waals surface area contributed by atoms with Crippen molar-refractivity contribution in [1.82, 2.24) is 4.98 Å². The highest BCUT2D eigenvalue weighted by Gasteiger charge is 2.10. The molecular weight excluding hydrogens is 346 g/mol. The van der Waals surface area contributed by atoms with Crippen LogP contribution in [0.2, 0.25) is 0 Å². The first-order valence-corrected chi connectivity index (χ1v) is 8.90. The molecule has 0 spiro atoms. The Morgan fingerprint density at radius 2 is 1.81 bits per heavy atom. The number of thiazole rings is 1. The zero-order chi connectivity index (χ0) is 17.9. The van der Waals surface area contributed by atoms with Gasteiger partial charge in [-0.05, 0) is 42.5 Å². The van der Waals surface area contributed by atoms with Crippen LogP contribution >= 0.6 is 11.3 Å². The number of furan rings is 1. The van der Waals surface area contributed by atoms with Crippen molar-refractivity contribution in [2.75, 3.05) is 7.11 Å². The van der Waals surface area contributed by atoms with E-state index in [0.29, 0.717) is 17.8 Å². The lowest BCUT2D eigenvalue weighted by Crippen LogP contribution is -1.83. The summed E-state index contributed by atoms with van der Waals surface area (Å²) in [7, 11) is 1.65. The fourth-order valence-corrected chi connectivity index (χ4v) is 3.50. The van der Waals surface area contributed by atoms with E-state index in [9.17, 15) is 4.79 Å². The van der Waals surface area contributed by atoms with Gasteiger partial charge in [0.05, 0.1) is 12.8 Å². The molecule has 128 valence electrons. The molecule has 26 heavy (non-hydrogen) atoms. The monoisotopic (exact) mass is 361 g/mol. The van der Waals surface area contributed by atoms with Crippen LogP contribution in [-0.4, -0.2) is 18.4 Å². The first kappa shape index (κ1) is 16.3. The van der Waals surface area contributed by atoms with Crippen molar-refractivity contribution in [2.45, 2.75) is 0 Å². The molecule has 4 nitrogen and oxygen atoms in total. The van der Waals surface area contributed by atoms with E-state index in [-0.39, 0.29) is 0 Å². The lowest BCUT2D eigenvalue weighted by atomic mass is 10.1. The second kappa shape index (κ2) is 6.98. The van der Waals surface area contributed by atoms with Crippen molar-refractivity contribution in [3.8, 4) is 38.9 Å². The van der Waals surface area contributed by atoms with Crippen LogP contribution < -0.4 is 4.74 Å². The molecule has 0 saturated heterocycles. The Balaban J connectivity index is 1.64. The van der Waals surface area contributed by atoms with Gasteiger partial charge in [-0.25, -0.2) is 4.98 Å². The number of rotatable bonds is 5. The van der Waals surface area contributed by atoms with Crippen LogP contribution in [0.15, 0.2) is 70.5 Å². The third-order valence-electron chi connectivity index (χ3n) is 4.03. The van der Waals surface area contributed by atoms with Crippen LogP contribution in [-0.2, 0) is 0 Å². The highest BCUT2D eigenvalue weighted by molar-refractivity contribution is 7.13. The Bertz CT molecular complexity index is 1050. The van der Waals surface area contributed by atoms with Crippen molar-refractivity contribution in [3.05, 3.63) is 71.8 Å². The van der Waals surface area contributed by atoms with E-state index in [2.05, 4.69) is 0 Å². The molecular formula is C21H15NO3S. The third-order valence-corrected chi connectivity index (χ3v) is 4.92. The topological polar surface area (TPSA) is 52.3 Å². The molecule has 0 aliphatic carbocycles. The molecule has 0 aliphatic heterocycles. The van der Waals surface area contributed by atoms with Crippen LogP contribution in [0.25, 0.3) is 33.2 Å². The van der Waals surface area contributed by atoms with Gasteiger partial charge in [0.25, 0.3) is 0 Å². The van der Waals surface area contributed by atoms with E-state index in [1.54, 1.807) is 30.6 Å². The third kappa shape index (κ3) is 3.17. The van der Waals surface area contributed by atoms with E-state index in [4.69, 9.17) is 14.1 Å². The molecule has 2 aromatic carbocycles. The van der Waals surface area contributed by atoms with Gasteiger partial charge in [0.1, 0.15) is 16.5 Å². The Hall–Kier alpha value is -3.18. The fourth-order valence-electron chi connectivity index (χ4n) is 2.68. The molecule has 4 rings (SSSR count). The molecule has 4 aromatic rings. The van der Waals surface area contributed by atoms with Gasteiger partial charge < -0.3 is 9.15 Å². The molecule has 0 fully saturated rings. The van der Waals surface area contributed by atoms with Crippen molar-refractivity contribution >= 4 is 17.6 Å². The Morgan fingerprint density at radius 1 is 1.00 bits per heavy atom. The highest BCUT2D eigenvalue weighted by Crippen LogP contribution is 2.32. The second-order valence-electron chi connectivity index (χ2n) is 5.67. The number of hydrogen-bond donors (Lipinski definition) is 0. The minimum absolute atomic E-state index is 0.321. The molecule has 5 heteroatoms. The Morgan fingerprint density at radius 3 is 2.54 bits per heavy atom. The van der Waals surface area contributed by atoms with Crippen LogP contribution in [0, 0.1) is 0 Å². The zero-order valence-corrected chi connectivity index (χ0v) is 14.8. The minimum Gasteiger partial charge on any atom is -0.497 e. The maximum Gasteiger partial charge on any atom is 0.185 e. The maximum atomic E-state index is 10.8. The molecule has 0 atom stereocenters. The Labute approximate surface area is 154 Å². The van der Waals surface area contributed by atoms with Crippen LogP contribution in [0.5, 0.6) is 5.75 Å². The fraction of sp³-hybridized carbons (Fsp3) is 0.0476. The minimum atomic E-state index is 0.321. The van der Waals surface area contributed by atoms with Gasteiger partial charge in [0.2, 0.25) is 0 Å². The average Bonchev–Trinajstić information content (AvgIpc) is 3.38. The van der Waals surface area contributed by atoms with Crippen molar-refractivity contribution in [3.63, 3.8) is 0 Å². The Kier molecular flexibility index (Phi) is 4.37. The number of ether oxygens (including phenoxy) is 1. The van der Waals surface area contributed by atoms with Gasteiger partial charge in [-0.1, -0.05) is 18.2 Å². The van der Waals surface area contributed by atoms with Crippen molar-refractivity contribution in [2.24, 2.45) is 0 Å². The highest BCUT2D eigenvalue weighted by atomic mass is 32.1. The maximum absolute atomic E-state index is 10.8. The van der Waals surface area contributed by atoms with Gasteiger partial charge in [0, 0.05) is 22.1 Å². The van der Waals surface area contributed by atoms with Gasteiger partial charge in [-0.3, -0.25) is 4.79 Å². The molecule has 0 amide bonds. The second-order valence-corrected chi connectivity index (χ2v) is 6.53. The normalized spacial score (nSPS) is 10.7. The largest absolute Gasteiger partial charge is 0.497 e. The predicted molar refractivity (Wildman–Crippen MR) is 103 cm³/mol. The van der Waals surface area contributed by atoms with E-state index in [0.717, 1.165) is 33.1 Å². The summed E-state index contributed by atoms with van der Waals surface area (Å²) in [5, 5.41) is 2.97. The molecule has 0 bridgehead atoms. The van der Waals surface area contributed by atoms with E-state index >= 15 is 0 Å². The van der Waals surface area contributed by atoms with E-state index < -0.39 is 0 Å². The molecule has 0 aliphatic rings. The first-order valence-electron chi connectivity index (χ1n) is 8.02. The SMILES string of the molecule is COc1ccc(-c2csc(-c3cccc(-c4ccc(C=O)o4)c3)n2)cc1. The summed E-state index contributed by atoms with van der Waals surface area (Å²) in [5.41, 5.74) is 3.90. The predicted octanol–water partition coefficient (Wildman–Crippen LogP) is 5.56. The summed E-state index contributed by atoms with van der Waals surface area (Å²) >= 11 is 1.59. The zero-order valence-electron chi connectivity index (χ0n) is 14.0. The van der Waals surface area contributed by atoms with Crippen LogP contribution in [0.1, 0.15) is 10.6 Å². The molecule has 0 radical (unpaired) electrons. The van der Waals surface area contributed by atoms with Crippen molar-refractivity contribution in [1.29, 1.82) is 0 Å². The summed E-state index contributed by atoms with van der Waals surface area (Å²) < 4.78 is 10.7. The number of carbonyl (C=O) groups excluding carboxylic acids is 1. The summed E-state index contributed by atoms with van der Waals surface area (Å²) in [4.78, 5) is 15.6. The number of methoxy groups -OCH3 is 1. The number of nitrogens with zero attached hydrogens (tertiary/aromatic N) is 1. The van der Waals surface area contributed by atoms with Gasteiger partial charge in [-0.2, -0.15) is 0 Å². The van der Waals surface area contributed by atoms with Crippen molar-refractivity contribution < 1.29 is 13.9 Å². The smallest absolute Gasteiger partial charge is 0.185 e. The number of aromatic nitrogens is 1. The molecule has 0 unspecified atom stereocenters. The summed E-state index contributed by atoms with van der Waals surface area (Å²) in [5.74, 6) is 1.81. The quantitative estimate of drug-likeness (QED) is 0.437. The molecule has 0 saturated carbocycles. The summed E-state index contributed by atoms with van der Waals surface area (Å²) in [6, 6.07) is 19.3. The average molecular weight is 361 g/mol. The molecule has 2 heterocycles. The summed E-state index contributed by atoms with van der Waals surface area (Å²) in [6.07, 6.45) is 0.704. The number of hydrogen-bond acceptors (Lipinski definition) is 5. The molecule has 0 N–H and O–H groups in total. The van der Waals surface area contributed by atoms with Crippen LogP contribution in [0.4, 0.5) is 0 Å². The lowest BCUT2D eigenvalue weighted by Gasteiger charge is -2.02. The van der Waals surface area contributed by atoms with E-state index in [1.807, 2.05) is 53.9 Å². The number of carbonyl (C=O) groups is 1. The number of benzene rings is 2. The number of aldehydes is 1. The lowest BCUT2D eigenvalue weighted by molar-refractivity contribution is 0.110. The van der Waals surface area contributed by atoms with Crippen LogP contribution in [0.3, 0.4) is 0 Å². The standard InChI is InChI=1S/C21H15NO3S/c1-24-17-7-5-14(6-8-17)19-13-26-21(22-19)16-4-2-3-15(11-16)20-10-9-18(12-23)25-20/h2-13H,1H3. The van der Waals surface area contributed by atoms with Gasteiger partial charge in [0.15, 0.2) is 12.0 Å². The van der Waals surface area contributed by atoms with E-state index in [1.165, 1.54) is 0 Å². The van der Waals surface area contributed by atoms with Gasteiger partial charge in [-0.15, -0.1) is 11.3 Å². The first-order chi connectivity index (χ1) is 12.8. The molecule has 2 aromatic heterocycles. The summed E-state index contributed by atoms with van der Waals surface area (Å²) in [6.45, 7) is 0. The van der Waals surface area contributed by atoms with Gasteiger partial charge >= 0.3 is 0 Å².